The Hall–Kier alpha value is -4.15. The summed E-state index contributed by atoms with van der Waals surface area (Å²) in [6.07, 6.45) is 1.12. The molecule has 8 heteroatoms. The molecular weight excluding hydrogens is 444 g/mol. The number of aryl methyl sites for hydroxylation is 2. The van der Waals surface area contributed by atoms with Gasteiger partial charge in [-0.3, -0.25) is 4.79 Å². The number of halogens is 1. The average Bonchev–Trinajstić information content (AvgIpc) is 2.80. The quantitative estimate of drug-likeness (QED) is 0.229. The second-order valence-corrected chi connectivity index (χ2v) is 7.72. The van der Waals surface area contributed by atoms with Crippen LogP contribution in [-0.2, 0) is 11.3 Å². The Balaban J connectivity index is 1.65. The minimum atomic E-state index is -0.729. The highest BCUT2D eigenvalue weighted by molar-refractivity contribution is 6.32. The first-order valence-corrected chi connectivity index (χ1v) is 10.2. The van der Waals surface area contributed by atoms with E-state index in [4.69, 9.17) is 16.3 Å². The average molecular weight is 465 g/mol. The number of phenolic OH excluding ortho intramolecular Hbond substituents is 3. The van der Waals surface area contributed by atoms with Gasteiger partial charge in [0.1, 0.15) is 23.1 Å². The molecule has 0 fully saturated rings. The molecule has 3 rings (SSSR count). The Bertz CT molecular complexity index is 1250. The Morgan fingerprint density at radius 2 is 1.67 bits per heavy atom. The number of rotatable bonds is 6. The molecule has 168 valence electrons. The molecule has 3 aromatic carbocycles. The fourth-order valence-corrected chi connectivity index (χ4v) is 3.17. The van der Waals surface area contributed by atoms with Crippen molar-refractivity contribution in [2.24, 2.45) is 0 Å². The van der Waals surface area contributed by atoms with Crippen molar-refractivity contribution < 1.29 is 24.9 Å². The highest BCUT2D eigenvalue weighted by Crippen LogP contribution is 2.38. The molecule has 0 aliphatic carbocycles. The van der Waals surface area contributed by atoms with Crippen molar-refractivity contribution in [1.29, 1.82) is 5.26 Å². The second kappa shape index (κ2) is 9.98. The number of carbonyl (C=O) groups is 1. The van der Waals surface area contributed by atoms with Crippen LogP contribution in [0.15, 0.2) is 54.1 Å². The molecule has 7 nitrogen and oxygen atoms in total. The summed E-state index contributed by atoms with van der Waals surface area (Å²) in [5, 5.41) is 41.5. The van der Waals surface area contributed by atoms with E-state index in [0.29, 0.717) is 16.5 Å². The summed E-state index contributed by atoms with van der Waals surface area (Å²) in [5.74, 6) is -1.24. The molecule has 0 unspecified atom stereocenters. The van der Waals surface area contributed by atoms with E-state index in [1.807, 2.05) is 26.0 Å². The van der Waals surface area contributed by atoms with Gasteiger partial charge in [0.15, 0.2) is 11.5 Å². The molecule has 0 saturated heterocycles. The van der Waals surface area contributed by atoms with Crippen LogP contribution in [0.25, 0.3) is 6.08 Å². The van der Waals surface area contributed by atoms with Crippen LogP contribution in [-0.4, -0.2) is 21.2 Å². The van der Waals surface area contributed by atoms with Crippen LogP contribution >= 0.6 is 11.6 Å². The zero-order valence-corrected chi connectivity index (χ0v) is 18.6. The van der Waals surface area contributed by atoms with Gasteiger partial charge >= 0.3 is 0 Å². The number of nitrogens with zero attached hydrogens (tertiary/aromatic N) is 1. The Labute approximate surface area is 195 Å². The van der Waals surface area contributed by atoms with Crippen LogP contribution in [0.1, 0.15) is 22.3 Å². The van der Waals surface area contributed by atoms with E-state index in [0.717, 1.165) is 28.8 Å². The van der Waals surface area contributed by atoms with Crippen molar-refractivity contribution in [1.82, 2.24) is 5.32 Å². The Kier molecular flexibility index (Phi) is 7.11. The largest absolute Gasteiger partial charge is 0.504 e. The van der Waals surface area contributed by atoms with Gasteiger partial charge in [0.2, 0.25) is 5.75 Å². The van der Waals surface area contributed by atoms with Crippen LogP contribution in [0.3, 0.4) is 0 Å². The molecule has 1 amide bonds. The minimum absolute atomic E-state index is 0.0196. The predicted molar refractivity (Wildman–Crippen MR) is 124 cm³/mol. The lowest BCUT2D eigenvalue weighted by Gasteiger charge is -2.10. The molecule has 4 N–H and O–H groups in total. The van der Waals surface area contributed by atoms with Crippen molar-refractivity contribution in [3.05, 3.63) is 81.4 Å². The van der Waals surface area contributed by atoms with Crippen LogP contribution in [0.2, 0.25) is 5.02 Å². The second-order valence-electron chi connectivity index (χ2n) is 7.34. The lowest BCUT2D eigenvalue weighted by Crippen LogP contribution is -2.23. The van der Waals surface area contributed by atoms with Gasteiger partial charge in [0, 0.05) is 17.1 Å². The third-order valence-corrected chi connectivity index (χ3v) is 5.44. The van der Waals surface area contributed by atoms with Gasteiger partial charge in [0.05, 0.1) is 0 Å². The number of phenols is 3. The highest BCUT2D eigenvalue weighted by atomic mass is 35.5. The maximum Gasteiger partial charge on any atom is 0.262 e. The minimum Gasteiger partial charge on any atom is -0.504 e. The maximum atomic E-state index is 12.4. The van der Waals surface area contributed by atoms with E-state index in [2.05, 4.69) is 5.32 Å². The highest BCUT2D eigenvalue weighted by Gasteiger charge is 2.14. The van der Waals surface area contributed by atoms with Crippen molar-refractivity contribution in [2.75, 3.05) is 0 Å². The normalized spacial score (nSPS) is 11.0. The van der Waals surface area contributed by atoms with Crippen molar-refractivity contribution in [3.8, 4) is 34.8 Å². The van der Waals surface area contributed by atoms with Crippen molar-refractivity contribution in [2.45, 2.75) is 20.4 Å². The first-order chi connectivity index (χ1) is 15.7. The lowest BCUT2D eigenvalue weighted by molar-refractivity contribution is -0.117. The predicted octanol–water partition coefficient (Wildman–Crippen LogP) is 5.09. The number of hydrogen-bond donors (Lipinski definition) is 4. The first-order valence-electron chi connectivity index (χ1n) is 9.87. The molecule has 0 aliphatic rings. The Morgan fingerprint density at radius 1 is 1.03 bits per heavy atom. The molecule has 33 heavy (non-hydrogen) atoms. The number of hydrogen-bond acceptors (Lipinski definition) is 6. The molecule has 0 saturated carbocycles. The molecule has 0 aliphatic heterocycles. The maximum absolute atomic E-state index is 12.4. The summed E-state index contributed by atoms with van der Waals surface area (Å²) in [4.78, 5) is 12.4. The number of ether oxygens (including phenoxy) is 1. The van der Waals surface area contributed by atoms with E-state index < -0.39 is 23.2 Å². The van der Waals surface area contributed by atoms with Crippen molar-refractivity contribution in [3.63, 3.8) is 0 Å². The summed E-state index contributed by atoms with van der Waals surface area (Å²) in [6.45, 7) is 3.97. The fourth-order valence-electron chi connectivity index (χ4n) is 3.06. The van der Waals surface area contributed by atoms with Crippen LogP contribution in [0.5, 0.6) is 28.7 Å². The van der Waals surface area contributed by atoms with Gasteiger partial charge in [-0.25, -0.2) is 0 Å². The number of amides is 1. The number of benzene rings is 3. The molecule has 0 radical (unpaired) electrons. The van der Waals surface area contributed by atoms with E-state index >= 15 is 0 Å². The number of aromatic hydroxyl groups is 3. The molecule has 0 atom stereocenters. The summed E-state index contributed by atoms with van der Waals surface area (Å²) in [5.41, 5.74) is 2.36. The van der Waals surface area contributed by atoms with Crippen LogP contribution in [0.4, 0.5) is 0 Å². The number of carbonyl (C=O) groups excluding carboxylic acids is 1. The summed E-state index contributed by atoms with van der Waals surface area (Å²) in [6, 6.07) is 15.0. The van der Waals surface area contributed by atoms with Gasteiger partial charge in [-0.2, -0.15) is 5.26 Å². The van der Waals surface area contributed by atoms with Crippen LogP contribution < -0.4 is 10.1 Å². The van der Waals surface area contributed by atoms with Gasteiger partial charge in [-0.15, -0.1) is 0 Å². The lowest BCUT2D eigenvalue weighted by atomic mass is 10.1. The van der Waals surface area contributed by atoms with Gasteiger partial charge in [0.25, 0.3) is 5.91 Å². The van der Waals surface area contributed by atoms with Crippen molar-refractivity contribution >= 4 is 23.6 Å². The van der Waals surface area contributed by atoms with E-state index in [1.165, 1.54) is 6.07 Å². The van der Waals surface area contributed by atoms with Crippen LogP contribution in [0, 0.1) is 25.2 Å². The Morgan fingerprint density at radius 3 is 2.27 bits per heavy atom. The molecule has 3 aromatic rings. The topological polar surface area (TPSA) is 123 Å². The van der Waals surface area contributed by atoms with Gasteiger partial charge < -0.3 is 25.4 Å². The fraction of sp³-hybridized carbons (Fsp3) is 0.120. The number of nitrogens with one attached hydrogen (secondary N) is 1. The zero-order chi connectivity index (χ0) is 24.1. The first kappa shape index (κ1) is 23.5. The molecule has 0 heterocycles. The summed E-state index contributed by atoms with van der Waals surface area (Å²) >= 11 is 6.18. The monoisotopic (exact) mass is 464 g/mol. The SMILES string of the molecule is Cc1cc(Oc2ccc(CNC(=O)/C(C#N)=C/c3ccc(O)c(O)c3O)cc2)cc(C)c1Cl. The zero-order valence-electron chi connectivity index (χ0n) is 17.9. The molecule has 0 spiro atoms. The van der Waals surface area contributed by atoms with Gasteiger partial charge in [-0.05, 0) is 73.0 Å². The molecule has 0 aromatic heterocycles. The van der Waals surface area contributed by atoms with E-state index in [-0.39, 0.29) is 17.7 Å². The summed E-state index contributed by atoms with van der Waals surface area (Å²) in [7, 11) is 0. The molecular formula is C25H21ClN2O5. The standard InChI is InChI=1S/C25H21ClN2O5/c1-14-9-20(10-15(2)22(14)26)33-19-6-3-16(4-7-19)13-28-25(32)18(12-27)11-17-5-8-21(29)24(31)23(17)30/h3-11,29-31H,13H2,1-2H3,(H,28,32)/b18-11+. The van der Waals surface area contributed by atoms with Gasteiger partial charge in [-0.1, -0.05) is 23.7 Å². The third kappa shape index (κ3) is 5.56. The van der Waals surface area contributed by atoms with E-state index in [9.17, 15) is 25.4 Å². The number of nitriles is 1. The molecule has 0 bridgehead atoms. The summed E-state index contributed by atoms with van der Waals surface area (Å²) < 4.78 is 5.87. The smallest absolute Gasteiger partial charge is 0.262 e. The third-order valence-electron chi connectivity index (χ3n) is 4.85. The van der Waals surface area contributed by atoms with E-state index in [1.54, 1.807) is 30.3 Å².